The van der Waals surface area contributed by atoms with Crippen molar-refractivity contribution in [1.82, 2.24) is 4.90 Å². The molecule has 1 atom stereocenters. The first-order valence-corrected chi connectivity index (χ1v) is 11.8. The molecule has 0 saturated carbocycles. The number of nitrogens with zero attached hydrogens (tertiary/aromatic N) is 1. The minimum atomic E-state index is -0.361. The molecule has 0 amide bonds. The van der Waals surface area contributed by atoms with Gasteiger partial charge < -0.3 is 9.47 Å². The van der Waals surface area contributed by atoms with Crippen molar-refractivity contribution < 1.29 is 9.47 Å². The quantitative estimate of drug-likeness (QED) is 0.406. The lowest BCUT2D eigenvalue weighted by molar-refractivity contribution is -0.214. The first-order valence-electron chi connectivity index (χ1n) is 10.9. The van der Waals surface area contributed by atoms with Crippen molar-refractivity contribution in [3.8, 4) is 0 Å². The van der Waals surface area contributed by atoms with Crippen LogP contribution in [0, 0.1) is 0 Å². The van der Waals surface area contributed by atoms with Crippen molar-refractivity contribution in [1.29, 1.82) is 0 Å². The second-order valence-electron chi connectivity index (χ2n) is 7.97. The SMILES string of the molecule is c1ccc(COCC2(OCc3ccccc3)CCCCN2CCc2cccs2)cc1. The van der Waals surface area contributed by atoms with E-state index in [0.717, 1.165) is 25.9 Å². The molecule has 4 heteroatoms. The number of hydrogen-bond donors (Lipinski definition) is 0. The standard InChI is InChI=1S/C26H31NO2S/c1-3-10-23(11-4-1)20-28-22-26(29-21-24-12-5-2-6-13-24)16-7-8-17-27(26)18-15-25-14-9-19-30-25/h1-6,9-14,19H,7-8,15-18,20-22H2. The highest BCUT2D eigenvalue weighted by Gasteiger charge is 2.40. The molecule has 30 heavy (non-hydrogen) atoms. The highest BCUT2D eigenvalue weighted by Crippen LogP contribution is 2.32. The summed E-state index contributed by atoms with van der Waals surface area (Å²) in [4.78, 5) is 3.96. The Morgan fingerprint density at radius 1 is 0.833 bits per heavy atom. The van der Waals surface area contributed by atoms with Gasteiger partial charge in [-0.1, -0.05) is 66.7 Å². The third-order valence-electron chi connectivity index (χ3n) is 5.82. The molecule has 1 unspecified atom stereocenters. The van der Waals surface area contributed by atoms with Crippen LogP contribution in [0.1, 0.15) is 35.3 Å². The zero-order valence-corrected chi connectivity index (χ0v) is 18.4. The molecule has 2 aromatic carbocycles. The molecule has 1 fully saturated rings. The largest absolute Gasteiger partial charge is 0.372 e. The number of rotatable bonds is 10. The van der Waals surface area contributed by atoms with E-state index in [1.165, 1.54) is 28.8 Å². The summed E-state index contributed by atoms with van der Waals surface area (Å²) in [5.41, 5.74) is 2.06. The van der Waals surface area contributed by atoms with Crippen molar-refractivity contribution in [3.63, 3.8) is 0 Å². The van der Waals surface area contributed by atoms with Crippen molar-refractivity contribution >= 4 is 11.3 Å². The number of thiophene rings is 1. The summed E-state index contributed by atoms with van der Waals surface area (Å²) < 4.78 is 12.9. The summed E-state index contributed by atoms with van der Waals surface area (Å²) in [5.74, 6) is 0. The Morgan fingerprint density at radius 3 is 2.27 bits per heavy atom. The maximum atomic E-state index is 6.68. The summed E-state index contributed by atoms with van der Waals surface area (Å²) in [5, 5.41) is 2.16. The van der Waals surface area contributed by atoms with Crippen LogP contribution in [0.5, 0.6) is 0 Å². The van der Waals surface area contributed by atoms with E-state index in [1.807, 2.05) is 17.4 Å². The van der Waals surface area contributed by atoms with Crippen LogP contribution < -0.4 is 0 Å². The van der Waals surface area contributed by atoms with E-state index in [0.29, 0.717) is 19.8 Å². The molecule has 1 aromatic heterocycles. The molecule has 0 aliphatic carbocycles. The van der Waals surface area contributed by atoms with Crippen LogP contribution in [-0.4, -0.2) is 30.3 Å². The smallest absolute Gasteiger partial charge is 0.145 e. The molecule has 1 aliphatic heterocycles. The Kier molecular flexibility index (Phi) is 7.70. The van der Waals surface area contributed by atoms with Crippen molar-refractivity contribution in [3.05, 3.63) is 94.2 Å². The van der Waals surface area contributed by atoms with Gasteiger partial charge in [-0.15, -0.1) is 11.3 Å². The fourth-order valence-corrected chi connectivity index (χ4v) is 4.84. The molecule has 1 aliphatic rings. The van der Waals surface area contributed by atoms with Gasteiger partial charge >= 0.3 is 0 Å². The molecular weight excluding hydrogens is 390 g/mol. The highest BCUT2D eigenvalue weighted by atomic mass is 32.1. The second-order valence-corrected chi connectivity index (χ2v) is 9.00. The van der Waals surface area contributed by atoms with Gasteiger partial charge in [0, 0.05) is 18.0 Å². The number of piperidine rings is 1. The lowest BCUT2D eigenvalue weighted by atomic mass is 9.97. The predicted octanol–water partition coefficient (Wildman–Crippen LogP) is 5.91. The normalized spacial score (nSPS) is 19.7. The van der Waals surface area contributed by atoms with Crippen LogP contribution in [0.4, 0.5) is 0 Å². The Bertz CT molecular complexity index is 853. The van der Waals surface area contributed by atoms with Gasteiger partial charge in [-0.2, -0.15) is 0 Å². The summed E-state index contributed by atoms with van der Waals surface area (Å²) >= 11 is 1.84. The van der Waals surface area contributed by atoms with E-state index in [9.17, 15) is 0 Å². The van der Waals surface area contributed by atoms with Gasteiger partial charge in [-0.05, 0) is 48.3 Å². The third-order valence-corrected chi connectivity index (χ3v) is 6.76. The Hall–Kier alpha value is -1.98. The summed E-state index contributed by atoms with van der Waals surface area (Å²) in [7, 11) is 0. The topological polar surface area (TPSA) is 21.7 Å². The van der Waals surface area contributed by atoms with Gasteiger partial charge in [0.15, 0.2) is 0 Å². The van der Waals surface area contributed by atoms with Gasteiger partial charge in [0.1, 0.15) is 5.72 Å². The van der Waals surface area contributed by atoms with E-state index in [2.05, 4.69) is 77.0 Å². The highest BCUT2D eigenvalue weighted by molar-refractivity contribution is 7.09. The van der Waals surface area contributed by atoms with Gasteiger partial charge in [0.25, 0.3) is 0 Å². The van der Waals surface area contributed by atoms with E-state index in [1.54, 1.807) is 0 Å². The zero-order chi connectivity index (χ0) is 20.5. The second kappa shape index (κ2) is 10.9. The first kappa shape index (κ1) is 21.3. The maximum absolute atomic E-state index is 6.68. The van der Waals surface area contributed by atoms with Gasteiger partial charge in [-0.3, -0.25) is 4.90 Å². The lowest BCUT2D eigenvalue weighted by Gasteiger charge is -2.46. The average molecular weight is 422 g/mol. The van der Waals surface area contributed by atoms with Crippen molar-refractivity contribution in [2.75, 3.05) is 19.7 Å². The summed E-state index contributed by atoms with van der Waals surface area (Å²) in [6, 6.07) is 25.2. The molecule has 3 aromatic rings. The molecule has 2 heterocycles. The molecule has 0 radical (unpaired) electrons. The monoisotopic (exact) mass is 421 g/mol. The molecule has 1 saturated heterocycles. The molecule has 0 bridgehead atoms. The van der Waals surface area contributed by atoms with Gasteiger partial charge in [0.05, 0.1) is 19.8 Å². The van der Waals surface area contributed by atoms with E-state index < -0.39 is 0 Å². The Morgan fingerprint density at radius 2 is 1.57 bits per heavy atom. The number of benzene rings is 2. The fraction of sp³-hybridized carbons (Fsp3) is 0.385. The van der Waals surface area contributed by atoms with E-state index in [-0.39, 0.29) is 5.72 Å². The lowest BCUT2D eigenvalue weighted by Crippen LogP contribution is -2.57. The summed E-state index contributed by atoms with van der Waals surface area (Å²) in [6.45, 7) is 3.90. The van der Waals surface area contributed by atoms with Crippen LogP contribution in [0.15, 0.2) is 78.2 Å². The number of hydrogen-bond acceptors (Lipinski definition) is 4. The third kappa shape index (κ3) is 5.79. The molecular formula is C26H31NO2S. The molecule has 3 nitrogen and oxygen atoms in total. The molecule has 158 valence electrons. The summed E-state index contributed by atoms with van der Waals surface area (Å²) in [6.07, 6.45) is 4.48. The van der Waals surface area contributed by atoms with Crippen molar-refractivity contribution in [2.45, 2.75) is 44.6 Å². The number of likely N-dealkylation sites (tertiary alicyclic amines) is 1. The van der Waals surface area contributed by atoms with E-state index >= 15 is 0 Å². The maximum Gasteiger partial charge on any atom is 0.145 e. The van der Waals surface area contributed by atoms with Crippen LogP contribution in [0.2, 0.25) is 0 Å². The van der Waals surface area contributed by atoms with Crippen LogP contribution in [0.3, 0.4) is 0 Å². The van der Waals surface area contributed by atoms with E-state index in [4.69, 9.17) is 9.47 Å². The molecule has 4 rings (SSSR count). The van der Waals surface area contributed by atoms with Crippen molar-refractivity contribution in [2.24, 2.45) is 0 Å². The Labute approximate surface area is 184 Å². The Balaban J connectivity index is 1.45. The fourth-order valence-electron chi connectivity index (χ4n) is 4.14. The average Bonchev–Trinajstić information content (AvgIpc) is 3.32. The van der Waals surface area contributed by atoms with Crippen LogP contribution in [-0.2, 0) is 29.1 Å². The molecule has 0 spiro atoms. The van der Waals surface area contributed by atoms with Gasteiger partial charge in [0.2, 0.25) is 0 Å². The van der Waals surface area contributed by atoms with Crippen LogP contribution in [0.25, 0.3) is 0 Å². The minimum absolute atomic E-state index is 0.361. The van der Waals surface area contributed by atoms with Crippen LogP contribution >= 0.6 is 11.3 Å². The first-order chi connectivity index (χ1) is 14.8. The zero-order valence-electron chi connectivity index (χ0n) is 17.5. The minimum Gasteiger partial charge on any atom is -0.372 e. The molecule has 0 N–H and O–H groups in total. The van der Waals surface area contributed by atoms with Gasteiger partial charge in [-0.25, -0.2) is 0 Å². The predicted molar refractivity (Wildman–Crippen MR) is 124 cm³/mol. The number of ether oxygens (including phenoxy) is 2.